The smallest absolute Gasteiger partial charge is 0.223 e. The maximum absolute atomic E-state index is 11.2. The first-order valence-electron chi connectivity index (χ1n) is 4.93. The molecule has 2 N–H and O–H groups in total. The van der Waals surface area contributed by atoms with Gasteiger partial charge in [-0.1, -0.05) is 5.16 Å². The topological polar surface area (TPSA) is 80.1 Å². The van der Waals surface area contributed by atoms with E-state index in [1.807, 2.05) is 0 Å². The summed E-state index contributed by atoms with van der Waals surface area (Å²) in [4.78, 5) is 15.3. The number of aromatic nitrogens is 2. The van der Waals surface area contributed by atoms with Gasteiger partial charge in [-0.05, 0) is 13.0 Å². The molecule has 1 fully saturated rings. The van der Waals surface area contributed by atoms with Gasteiger partial charge in [-0.25, -0.2) is 0 Å². The summed E-state index contributed by atoms with van der Waals surface area (Å²) in [5.41, 5.74) is -0.496. The third kappa shape index (κ3) is 1.85. The molecule has 0 radical (unpaired) electrons. The highest BCUT2D eigenvalue weighted by Gasteiger charge is 2.40. The molecular weight excluding hydrogens is 196 g/mol. The van der Waals surface area contributed by atoms with Crippen LogP contribution in [0.15, 0.2) is 4.52 Å². The number of amides is 1. The van der Waals surface area contributed by atoms with Gasteiger partial charge in [0, 0.05) is 20.4 Å². The number of carbonyl (C=O) groups excluding carboxylic acids is 1. The Balaban J connectivity index is 2.29. The SMILES string of the molecule is CC(=O)N[C@]1(c2noc(C)n2)CCNC1. The second kappa shape index (κ2) is 3.62. The standard InChI is InChI=1S/C9H14N4O2/c1-6(14)12-9(3-4-10-5-9)8-11-7(2)15-13-8/h10H,3-5H2,1-2H3,(H,12,14)/t9-/m1/s1. The summed E-state index contributed by atoms with van der Waals surface area (Å²) in [7, 11) is 0. The molecule has 0 aliphatic carbocycles. The molecule has 0 unspecified atom stereocenters. The minimum Gasteiger partial charge on any atom is -0.342 e. The van der Waals surface area contributed by atoms with E-state index in [-0.39, 0.29) is 5.91 Å². The molecule has 6 nitrogen and oxygen atoms in total. The normalized spacial score (nSPS) is 25.5. The first-order chi connectivity index (χ1) is 7.12. The van der Waals surface area contributed by atoms with Crippen LogP contribution in [0.1, 0.15) is 25.1 Å². The van der Waals surface area contributed by atoms with Crippen LogP contribution in [0.5, 0.6) is 0 Å². The lowest BCUT2D eigenvalue weighted by atomic mass is 9.97. The largest absolute Gasteiger partial charge is 0.342 e. The van der Waals surface area contributed by atoms with Gasteiger partial charge in [0.05, 0.1) is 0 Å². The van der Waals surface area contributed by atoms with E-state index in [0.29, 0.717) is 18.3 Å². The van der Waals surface area contributed by atoms with Crippen LogP contribution in [-0.2, 0) is 10.3 Å². The van der Waals surface area contributed by atoms with E-state index in [4.69, 9.17) is 4.52 Å². The van der Waals surface area contributed by atoms with Crippen LogP contribution in [0, 0.1) is 6.92 Å². The molecule has 2 rings (SSSR count). The molecule has 0 aromatic carbocycles. The first kappa shape index (κ1) is 10.1. The molecule has 6 heteroatoms. The average molecular weight is 210 g/mol. The van der Waals surface area contributed by atoms with Gasteiger partial charge >= 0.3 is 0 Å². The Bertz CT molecular complexity index is 368. The molecule has 0 spiro atoms. The highest BCUT2D eigenvalue weighted by atomic mass is 16.5. The van der Waals surface area contributed by atoms with Crippen LogP contribution in [0.2, 0.25) is 0 Å². The molecule has 82 valence electrons. The quantitative estimate of drug-likeness (QED) is 0.700. The molecule has 1 atom stereocenters. The van der Waals surface area contributed by atoms with Gasteiger partial charge in [0.2, 0.25) is 11.8 Å². The molecule has 15 heavy (non-hydrogen) atoms. The summed E-state index contributed by atoms with van der Waals surface area (Å²) in [6.07, 6.45) is 0.783. The highest BCUT2D eigenvalue weighted by Crippen LogP contribution is 2.25. The fourth-order valence-corrected chi connectivity index (χ4v) is 1.88. The molecular formula is C9H14N4O2. The molecule has 1 amide bonds. The van der Waals surface area contributed by atoms with E-state index in [0.717, 1.165) is 13.0 Å². The summed E-state index contributed by atoms with van der Waals surface area (Å²) < 4.78 is 4.94. The predicted octanol–water partition coefficient (Wildman–Crippen LogP) is -0.297. The van der Waals surface area contributed by atoms with E-state index in [1.54, 1.807) is 6.92 Å². The summed E-state index contributed by atoms with van der Waals surface area (Å²) in [6.45, 7) is 4.72. The van der Waals surface area contributed by atoms with Gasteiger partial charge in [-0.3, -0.25) is 4.79 Å². The molecule has 2 heterocycles. The van der Waals surface area contributed by atoms with Gasteiger partial charge in [0.15, 0.2) is 5.82 Å². The van der Waals surface area contributed by atoms with Gasteiger partial charge in [0.1, 0.15) is 5.54 Å². The first-order valence-corrected chi connectivity index (χ1v) is 4.93. The van der Waals surface area contributed by atoms with Crippen molar-refractivity contribution in [2.45, 2.75) is 25.8 Å². The minimum atomic E-state index is -0.496. The number of nitrogens with one attached hydrogen (secondary N) is 2. The predicted molar refractivity (Wildman–Crippen MR) is 52.0 cm³/mol. The lowest BCUT2D eigenvalue weighted by Gasteiger charge is -2.24. The molecule has 1 saturated heterocycles. The second-order valence-corrected chi connectivity index (χ2v) is 3.83. The lowest BCUT2D eigenvalue weighted by molar-refractivity contribution is -0.120. The van der Waals surface area contributed by atoms with E-state index in [1.165, 1.54) is 6.92 Å². The third-order valence-corrected chi connectivity index (χ3v) is 2.53. The van der Waals surface area contributed by atoms with Crippen LogP contribution >= 0.6 is 0 Å². The Morgan fingerprint density at radius 1 is 1.67 bits per heavy atom. The van der Waals surface area contributed by atoms with Gasteiger partial charge in [0.25, 0.3) is 0 Å². The zero-order valence-corrected chi connectivity index (χ0v) is 8.83. The zero-order valence-electron chi connectivity index (χ0n) is 8.83. The summed E-state index contributed by atoms with van der Waals surface area (Å²) >= 11 is 0. The second-order valence-electron chi connectivity index (χ2n) is 3.83. The van der Waals surface area contributed by atoms with Crippen molar-refractivity contribution in [3.8, 4) is 0 Å². The Labute approximate surface area is 87.4 Å². The van der Waals surface area contributed by atoms with Gasteiger partial charge in [-0.2, -0.15) is 4.98 Å². The van der Waals surface area contributed by atoms with Crippen molar-refractivity contribution in [2.75, 3.05) is 13.1 Å². The summed E-state index contributed by atoms with van der Waals surface area (Å²) in [5.74, 6) is 0.989. The minimum absolute atomic E-state index is 0.0823. The molecule has 1 aliphatic rings. The number of aryl methyl sites for hydroxylation is 1. The van der Waals surface area contributed by atoms with Crippen molar-refractivity contribution in [1.82, 2.24) is 20.8 Å². The van der Waals surface area contributed by atoms with E-state index < -0.39 is 5.54 Å². The Kier molecular flexibility index (Phi) is 2.44. The van der Waals surface area contributed by atoms with Crippen molar-refractivity contribution < 1.29 is 9.32 Å². The van der Waals surface area contributed by atoms with Crippen LogP contribution < -0.4 is 10.6 Å². The van der Waals surface area contributed by atoms with Crippen LogP contribution in [0.4, 0.5) is 0 Å². The molecule has 0 bridgehead atoms. The number of carbonyl (C=O) groups is 1. The highest BCUT2D eigenvalue weighted by molar-refractivity contribution is 5.74. The van der Waals surface area contributed by atoms with Gasteiger partial charge < -0.3 is 15.2 Å². The molecule has 1 aromatic rings. The molecule has 1 aliphatic heterocycles. The van der Waals surface area contributed by atoms with E-state index >= 15 is 0 Å². The number of rotatable bonds is 2. The number of nitrogens with zero attached hydrogens (tertiary/aromatic N) is 2. The van der Waals surface area contributed by atoms with E-state index in [9.17, 15) is 4.79 Å². The summed E-state index contributed by atoms with van der Waals surface area (Å²) in [6, 6.07) is 0. The maximum atomic E-state index is 11.2. The van der Waals surface area contributed by atoms with Gasteiger partial charge in [-0.15, -0.1) is 0 Å². The van der Waals surface area contributed by atoms with Crippen LogP contribution in [0.3, 0.4) is 0 Å². The van der Waals surface area contributed by atoms with Crippen molar-refractivity contribution in [3.63, 3.8) is 0 Å². The Hall–Kier alpha value is -1.43. The molecule has 1 aromatic heterocycles. The van der Waals surface area contributed by atoms with E-state index in [2.05, 4.69) is 20.8 Å². The van der Waals surface area contributed by atoms with Crippen molar-refractivity contribution in [2.24, 2.45) is 0 Å². The Morgan fingerprint density at radius 2 is 2.47 bits per heavy atom. The number of hydrogen-bond donors (Lipinski definition) is 2. The van der Waals surface area contributed by atoms with Crippen LogP contribution in [-0.4, -0.2) is 29.1 Å². The fraction of sp³-hybridized carbons (Fsp3) is 0.667. The fourth-order valence-electron chi connectivity index (χ4n) is 1.88. The number of hydrogen-bond acceptors (Lipinski definition) is 5. The third-order valence-electron chi connectivity index (χ3n) is 2.53. The van der Waals surface area contributed by atoms with Crippen molar-refractivity contribution >= 4 is 5.91 Å². The zero-order chi connectivity index (χ0) is 10.9. The average Bonchev–Trinajstić information content (AvgIpc) is 2.73. The monoisotopic (exact) mass is 210 g/mol. The summed E-state index contributed by atoms with van der Waals surface area (Å²) in [5, 5.41) is 9.97. The lowest BCUT2D eigenvalue weighted by Crippen LogP contribution is -2.47. The van der Waals surface area contributed by atoms with Crippen molar-refractivity contribution in [1.29, 1.82) is 0 Å². The van der Waals surface area contributed by atoms with Crippen molar-refractivity contribution in [3.05, 3.63) is 11.7 Å². The maximum Gasteiger partial charge on any atom is 0.223 e. The molecule has 0 saturated carbocycles. The Morgan fingerprint density at radius 3 is 2.93 bits per heavy atom. The van der Waals surface area contributed by atoms with Crippen LogP contribution in [0.25, 0.3) is 0 Å².